The number of hydrogen-bond acceptors (Lipinski definition) is 3. The lowest BCUT2D eigenvalue weighted by Crippen LogP contribution is -2.12. The van der Waals surface area contributed by atoms with Crippen LogP contribution in [-0.2, 0) is 22.4 Å². The van der Waals surface area contributed by atoms with E-state index >= 15 is 0 Å². The fraction of sp³-hybridized carbons (Fsp3) is 0.538. The minimum absolute atomic E-state index is 0.0881. The topological polar surface area (TPSA) is 39.2 Å². The van der Waals surface area contributed by atoms with Gasteiger partial charge in [0.25, 0.3) is 0 Å². The number of carbonyl (C=O) groups excluding carboxylic acids is 1. The molecule has 0 atom stereocenters. The Bertz CT molecular complexity index is 319. The van der Waals surface area contributed by atoms with Gasteiger partial charge in [-0.1, -0.05) is 19.9 Å². The number of pyridine rings is 1. The maximum Gasteiger partial charge on any atom is 0.164 e. The van der Waals surface area contributed by atoms with Crippen molar-refractivity contribution in [3.63, 3.8) is 0 Å². The molecule has 0 spiro atoms. The van der Waals surface area contributed by atoms with E-state index in [0.29, 0.717) is 13.0 Å². The van der Waals surface area contributed by atoms with Crippen molar-refractivity contribution in [2.75, 3.05) is 13.2 Å². The second-order valence-electron chi connectivity index (χ2n) is 3.78. The zero-order valence-corrected chi connectivity index (χ0v) is 10.0. The molecule has 0 unspecified atom stereocenters. The van der Waals surface area contributed by atoms with Crippen molar-refractivity contribution in [1.82, 2.24) is 4.98 Å². The van der Waals surface area contributed by atoms with Gasteiger partial charge in [0.15, 0.2) is 5.78 Å². The van der Waals surface area contributed by atoms with E-state index in [4.69, 9.17) is 4.74 Å². The Morgan fingerprint density at radius 3 is 2.75 bits per heavy atom. The van der Waals surface area contributed by atoms with Crippen molar-refractivity contribution in [2.45, 2.75) is 33.1 Å². The quantitative estimate of drug-likeness (QED) is 0.662. The van der Waals surface area contributed by atoms with Crippen LogP contribution in [0.4, 0.5) is 0 Å². The second kappa shape index (κ2) is 7.12. The number of ether oxygens (including phenoxy) is 1. The molecule has 1 aromatic rings. The predicted octanol–water partition coefficient (Wildman–Crippen LogP) is 2.18. The van der Waals surface area contributed by atoms with E-state index in [-0.39, 0.29) is 12.4 Å². The van der Waals surface area contributed by atoms with Gasteiger partial charge in [0.1, 0.15) is 6.61 Å². The third kappa shape index (κ3) is 4.53. The van der Waals surface area contributed by atoms with Crippen LogP contribution in [0.2, 0.25) is 0 Å². The highest BCUT2D eigenvalue weighted by Crippen LogP contribution is 2.02. The fourth-order valence-corrected chi connectivity index (χ4v) is 1.35. The molecule has 3 heteroatoms. The van der Waals surface area contributed by atoms with E-state index < -0.39 is 0 Å². The van der Waals surface area contributed by atoms with Gasteiger partial charge >= 0.3 is 0 Å². The summed E-state index contributed by atoms with van der Waals surface area (Å²) in [5, 5.41) is 0. The zero-order chi connectivity index (χ0) is 11.8. The smallest absolute Gasteiger partial charge is 0.164 e. The average Bonchev–Trinajstić information content (AvgIpc) is 2.30. The molecule has 0 aliphatic carbocycles. The summed E-state index contributed by atoms with van der Waals surface area (Å²) in [6, 6.07) is 3.93. The van der Waals surface area contributed by atoms with Crippen LogP contribution in [0.5, 0.6) is 0 Å². The SMILES string of the molecule is CCCOCC(=O)Cc1ccc(CC)cn1. The normalized spacial score (nSPS) is 10.4. The predicted molar refractivity (Wildman–Crippen MR) is 63.4 cm³/mol. The first-order valence-corrected chi connectivity index (χ1v) is 5.79. The molecule has 0 fully saturated rings. The summed E-state index contributed by atoms with van der Waals surface area (Å²) in [5.74, 6) is 0.0881. The molecule has 0 radical (unpaired) electrons. The molecule has 1 aromatic heterocycles. The Hall–Kier alpha value is -1.22. The van der Waals surface area contributed by atoms with Gasteiger partial charge in [-0.3, -0.25) is 9.78 Å². The molecule has 0 bridgehead atoms. The number of aryl methyl sites for hydroxylation is 1. The number of Topliss-reactive ketones (excluding diaryl/α,β-unsaturated/α-hetero) is 1. The van der Waals surface area contributed by atoms with Gasteiger partial charge in [-0.2, -0.15) is 0 Å². The van der Waals surface area contributed by atoms with E-state index in [2.05, 4.69) is 11.9 Å². The van der Waals surface area contributed by atoms with Crippen molar-refractivity contribution in [3.8, 4) is 0 Å². The first-order valence-electron chi connectivity index (χ1n) is 5.79. The number of aromatic nitrogens is 1. The molecule has 0 aliphatic heterocycles. The molecular formula is C13H19NO2. The van der Waals surface area contributed by atoms with E-state index in [1.807, 2.05) is 25.3 Å². The lowest BCUT2D eigenvalue weighted by Gasteiger charge is -2.02. The Balaban J connectivity index is 2.37. The van der Waals surface area contributed by atoms with Crippen LogP contribution in [0.15, 0.2) is 18.3 Å². The summed E-state index contributed by atoms with van der Waals surface area (Å²) in [7, 11) is 0. The summed E-state index contributed by atoms with van der Waals surface area (Å²) in [6.07, 6.45) is 4.11. The van der Waals surface area contributed by atoms with E-state index in [1.165, 1.54) is 5.56 Å². The number of rotatable bonds is 7. The largest absolute Gasteiger partial charge is 0.374 e. The Morgan fingerprint density at radius 2 is 2.19 bits per heavy atom. The molecule has 0 aromatic carbocycles. The van der Waals surface area contributed by atoms with E-state index in [1.54, 1.807) is 0 Å². The van der Waals surface area contributed by atoms with Crippen molar-refractivity contribution in [1.29, 1.82) is 0 Å². The molecule has 1 heterocycles. The molecule has 3 nitrogen and oxygen atoms in total. The van der Waals surface area contributed by atoms with Gasteiger partial charge in [0.2, 0.25) is 0 Å². The minimum atomic E-state index is 0.0881. The van der Waals surface area contributed by atoms with Gasteiger partial charge in [-0.15, -0.1) is 0 Å². The lowest BCUT2D eigenvalue weighted by atomic mass is 10.1. The van der Waals surface area contributed by atoms with Gasteiger partial charge in [-0.25, -0.2) is 0 Å². The summed E-state index contributed by atoms with van der Waals surface area (Å²) in [5.41, 5.74) is 2.01. The van der Waals surface area contributed by atoms with Crippen LogP contribution < -0.4 is 0 Å². The Kier molecular flexibility index (Phi) is 5.72. The first kappa shape index (κ1) is 12.8. The molecule has 0 saturated heterocycles. The highest BCUT2D eigenvalue weighted by molar-refractivity contribution is 5.81. The maximum absolute atomic E-state index is 11.5. The number of ketones is 1. The molecule has 0 saturated carbocycles. The third-order valence-corrected chi connectivity index (χ3v) is 2.28. The van der Waals surface area contributed by atoms with Crippen LogP contribution in [0, 0.1) is 0 Å². The molecular weight excluding hydrogens is 202 g/mol. The van der Waals surface area contributed by atoms with Gasteiger partial charge in [-0.05, 0) is 24.5 Å². The summed E-state index contributed by atoms with van der Waals surface area (Å²) < 4.78 is 5.18. The van der Waals surface area contributed by atoms with Crippen LogP contribution in [0.25, 0.3) is 0 Å². The lowest BCUT2D eigenvalue weighted by molar-refractivity contribution is -0.122. The summed E-state index contributed by atoms with van der Waals surface area (Å²) >= 11 is 0. The Labute approximate surface area is 96.8 Å². The van der Waals surface area contributed by atoms with Crippen LogP contribution in [-0.4, -0.2) is 24.0 Å². The zero-order valence-electron chi connectivity index (χ0n) is 10.0. The van der Waals surface area contributed by atoms with Crippen LogP contribution >= 0.6 is 0 Å². The van der Waals surface area contributed by atoms with Gasteiger partial charge in [0.05, 0.1) is 6.42 Å². The van der Waals surface area contributed by atoms with Crippen molar-refractivity contribution in [2.24, 2.45) is 0 Å². The van der Waals surface area contributed by atoms with E-state index in [9.17, 15) is 4.79 Å². The summed E-state index contributed by atoms with van der Waals surface area (Å²) in [4.78, 5) is 15.7. The molecule has 88 valence electrons. The van der Waals surface area contributed by atoms with Gasteiger partial charge in [0, 0.05) is 18.5 Å². The molecule has 1 rings (SSSR count). The monoisotopic (exact) mass is 221 g/mol. The molecule has 0 N–H and O–H groups in total. The molecule has 0 amide bonds. The highest BCUT2D eigenvalue weighted by Gasteiger charge is 2.04. The van der Waals surface area contributed by atoms with Gasteiger partial charge < -0.3 is 4.74 Å². The highest BCUT2D eigenvalue weighted by atomic mass is 16.5. The first-order chi connectivity index (χ1) is 7.76. The number of carbonyl (C=O) groups is 1. The standard InChI is InChI=1S/C13H19NO2/c1-3-7-16-10-13(15)8-12-6-5-11(4-2)9-14-12/h5-6,9H,3-4,7-8,10H2,1-2H3. The van der Waals surface area contributed by atoms with Crippen LogP contribution in [0.3, 0.4) is 0 Å². The third-order valence-electron chi connectivity index (χ3n) is 2.28. The maximum atomic E-state index is 11.5. The fourth-order valence-electron chi connectivity index (χ4n) is 1.35. The number of nitrogens with zero attached hydrogens (tertiary/aromatic N) is 1. The second-order valence-corrected chi connectivity index (χ2v) is 3.78. The minimum Gasteiger partial charge on any atom is -0.374 e. The van der Waals surface area contributed by atoms with Crippen molar-refractivity contribution in [3.05, 3.63) is 29.6 Å². The van der Waals surface area contributed by atoms with E-state index in [0.717, 1.165) is 18.5 Å². The molecule has 16 heavy (non-hydrogen) atoms. The van der Waals surface area contributed by atoms with Crippen molar-refractivity contribution < 1.29 is 9.53 Å². The summed E-state index contributed by atoms with van der Waals surface area (Å²) in [6.45, 7) is 4.95. The van der Waals surface area contributed by atoms with Crippen LogP contribution in [0.1, 0.15) is 31.5 Å². The Morgan fingerprint density at radius 1 is 1.38 bits per heavy atom. The number of hydrogen-bond donors (Lipinski definition) is 0. The average molecular weight is 221 g/mol. The molecule has 0 aliphatic rings. The van der Waals surface area contributed by atoms with Crippen molar-refractivity contribution >= 4 is 5.78 Å².